The van der Waals surface area contributed by atoms with E-state index in [1.165, 1.54) is 6.26 Å². The lowest BCUT2D eigenvalue weighted by Gasteiger charge is -2.18. The van der Waals surface area contributed by atoms with Gasteiger partial charge < -0.3 is 4.74 Å². The Balaban J connectivity index is 2.53. The number of esters is 1. The summed E-state index contributed by atoms with van der Waals surface area (Å²) in [6.07, 6.45) is 5.54. The molecule has 1 fully saturated rings. The lowest BCUT2D eigenvalue weighted by Crippen LogP contribution is -2.12. The van der Waals surface area contributed by atoms with Crippen LogP contribution in [0.25, 0.3) is 0 Å². The first-order valence-electron chi connectivity index (χ1n) is 6.97. The molecule has 0 radical (unpaired) electrons. The normalized spacial score (nSPS) is 16.3. The number of carbonyl (C=O) groups is 1. The first-order chi connectivity index (χ1) is 9.43. The Labute approximate surface area is 120 Å². The summed E-state index contributed by atoms with van der Waals surface area (Å²) in [6, 6.07) is 4.93. The number of sulfone groups is 1. The number of carbonyl (C=O) groups excluding carboxylic acids is 1. The molecule has 0 N–H and O–H groups in total. The fraction of sp³-hybridized carbons (Fsp3) is 0.533. The fourth-order valence-corrected chi connectivity index (χ4v) is 3.74. The van der Waals surface area contributed by atoms with Crippen molar-refractivity contribution in [2.75, 3.05) is 6.26 Å². The monoisotopic (exact) mass is 296 g/mol. The molecule has 0 aromatic heterocycles. The molecule has 1 aromatic rings. The second-order valence-electron chi connectivity index (χ2n) is 5.25. The lowest BCUT2D eigenvalue weighted by molar-refractivity contribution is -0.134. The second-order valence-corrected chi connectivity index (χ2v) is 7.23. The van der Waals surface area contributed by atoms with Crippen molar-refractivity contribution in [3.05, 3.63) is 23.8 Å². The third kappa shape index (κ3) is 3.20. The highest BCUT2D eigenvalue weighted by molar-refractivity contribution is 7.90. The molecule has 0 bridgehead atoms. The predicted octanol–water partition coefficient (Wildman–Crippen LogP) is 3.06. The van der Waals surface area contributed by atoms with Crippen LogP contribution in [0.1, 0.15) is 50.5 Å². The molecule has 2 rings (SSSR count). The summed E-state index contributed by atoms with van der Waals surface area (Å²) >= 11 is 0. The van der Waals surface area contributed by atoms with Crippen LogP contribution in [0.2, 0.25) is 0 Å². The maximum atomic E-state index is 12.0. The van der Waals surface area contributed by atoms with Crippen molar-refractivity contribution in [3.63, 3.8) is 0 Å². The molecule has 1 saturated carbocycles. The zero-order chi connectivity index (χ0) is 14.8. The van der Waals surface area contributed by atoms with Crippen LogP contribution in [-0.2, 0) is 14.6 Å². The molecular weight excluding hydrogens is 276 g/mol. The Morgan fingerprint density at radius 1 is 1.30 bits per heavy atom. The average molecular weight is 296 g/mol. The second kappa shape index (κ2) is 5.95. The van der Waals surface area contributed by atoms with E-state index >= 15 is 0 Å². The molecule has 4 nitrogen and oxygen atoms in total. The van der Waals surface area contributed by atoms with E-state index in [2.05, 4.69) is 0 Å². The van der Waals surface area contributed by atoms with E-state index < -0.39 is 9.84 Å². The lowest BCUT2D eigenvalue weighted by atomic mass is 9.96. The van der Waals surface area contributed by atoms with E-state index in [0.717, 1.165) is 25.7 Å². The predicted molar refractivity (Wildman–Crippen MR) is 76.7 cm³/mol. The highest BCUT2D eigenvalue weighted by Crippen LogP contribution is 2.42. The molecule has 20 heavy (non-hydrogen) atoms. The van der Waals surface area contributed by atoms with Crippen LogP contribution in [0.5, 0.6) is 5.75 Å². The Morgan fingerprint density at radius 2 is 1.95 bits per heavy atom. The number of rotatable bonds is 4. The molecule has 5 heteroatoms. The van der Waals surface area contributed by atoms with Crippen LogP contribution in [0.4, 0.5) is 0 Å². The minimum absolute atomic E-state index is 0.167. The van der Waals surface area contributed by atoms with Gasteiger partial charge in [-0.15, -0.1) is 0 Å². The molecule has 0 aliphatic heterocycles. The van der Waals surface area contributed by atoms with Gasteiger partial charge in [0, 0.05) is 18.2 Å². The largest absolute Gasteiger partial charge is 0.426 e. The molecule has 1 aliphatic rings. The third-order valence-electron chi connectivity index (χ3n) is 3.70. The Kier molecular flexibility index (Phi) is 4.48. The van der Waals surface area contributed by atoms with Crippen molar-refractivity contribution < 1.29 is 17.9 Å². The number of ether oxygens (including phenoxy) is 1. The van der Waals surface area contributed by atoms with Gasteiger partial charge in [-0.3, -0.25) is 4.79 Å². The first-order valence-corrected chi connectivity index (χ1v) is 8.86. The van der Waals surface area contributed by atoms with Gasteiger partial charge in [-0.1, -0.05) is 25.8 Å². The molecule has 0 saturated heterocycles. The Morgan fingerprint density at radius 3 is 2.50 bits per heavy atom. The molecule has 0 amide bonds. The van der Waals surface area contributed by atoms with Crippen LogP contribution in [-0.4, -0.2) is 20.6 Å². The number of hydrogen-bond acceptors (Lipinski definition) is 4. The highest BCUT2D eigenvalue weighted by atomic mass is 32.2. The Bertz CT molecular complexity index is 598. The van der Waals surface area contributed by atoms with Crippen molar-refractivity contribution in [1.29, 1.82) is 0 Å². The van der Waals surface area contributed by atoms with Crippen LogP contribution in [0.15, 0.2) is 23.1 Å². The van der Waals surface area contributed by atoms with Gasteiger partial charge in [0.1, 0.15) is 5.75 Å². The van der Waals surface area contributed by atoms with E-state index in [1.807, 2.05) is 0 Å². The Hall–Kier alpha value is -1.36. The summed E-state index contributed by atoms with van der Waals surface area (Å²) < 4.78 is 29.3. The van der Waals surface area contributed by atoms with Gasteiger partial charge in [-0.2, -0.15) is 0 Å². The van der Waals surface area contributed by atoms with E-state index in [0.29, 0.717) is 16.2 Å². The highest BCUT2D eigenvalue weighted by Gasteiger charge is 2.27. The summed E-state index contributed by atoms with van der Waals surface area (Å²) in [5, 5.41) is 0. The quantitative estimate of drug-likeness (QED) is 0.633. The molecule has 0 atom stereocenters. The maximum absolute atomic E-state index is 12.0. The molecule has 0 spiro atoms. The van der Waals surface area contributed by atoms with E-state index in [9.17, 15) is 13.2 Å². The zero-order valence-electron chi connectivity index (χ0n) is 11.9. The summed E-state index contributed by atoms with van der Waals surface area (Å²) in [4.78, 5) is 11.8. The minimum Gasteiger partial charge on any atom is -0.426 e. The smallest absolute Gasteiger partial charge is 0.310 e. The van der Waals surface area contributed by atoms with Crippen LogP contribution in [0.3, 0.4) is 0 Å². The molecule has 0 heterocycles. The maximum Gasteiger partial charge on any atom is 0.310 e. The van der Waals surface area contributed by atoms with Crippen molar-refractivity contribution >= 4 is 15.8 Å². The minimum atomic E-state index is -3.33. The van der Waals surface area contributed by atoms with Crippen LogP contribution >= 0.6 is 0 Å². The van der Waals surface area contributed by atoms with Gasteiger partial charge in [-0.05, 0) is 30.9 Å². The molecule has 1 aromatic carbocycles. The average Bonchev–Trinajstić information content (AvgIpc) is 2.91. The van der Waals surface area contributed by atoms with E-state index in [4.69, 9.17) is 4.74 Å². The van der Waals surface area contributed by atoms with E-state index in [1.54, 1.807) is 25.1 Å². The van der Waals surface area contributed by atoms with Crippen LogP contribution < -0.4 is 4.74 Å². The standard InChI is InChI=1S/C15H20O4S/c1-3-14(16)19-12-9-6-10-13(20(2,17)18)15(12)11-7-4-5-8-11/h6,9-11H,3-5,7-8H2,1-2H3. The third-order valence-corrected chi connectivity index (χ3v) is 4.86. The zero-order valence-corrected chi connectivity index (χ0v) is 12.7. The summed E-state index contributed by atoms with van der Waals surface area (Å²) in [5.41, 5.74) is 0.689. The van der Waals surface area contributed by atoms with Gasteiger partial charge in [0.15, 0.2) is 9.84 Å². The fourth-order valence-electron chi connectivity index (χ4n) is 2.75. The molecular formula is C15H20O4S. The van der Waals surface area contributed by atoms with Gasteiger partial charge >= 0.3 is 5.97 Å². The topological polar surface area (TPSA) is 60.4 Å². The van der Waals surface area contributed by atoms with Crippen molar-refractivity contribution in [3.8, 4) is 5.75 Å². The van der Waals surface area contributed by atoms with Gasteiger partial charge in [0.25, 0.3) is 0 Å². The number of hydrogen-bond donors (Lipinski definition) is 0. The number of benzene rings is 1. The summed E-state index contributed by atoms with van der Waals surface area (Å²) in [7, 11) is -3.33. The van der Waals surface area contributed by atoms with Crippen molar-refractivity contribution in [2.45, 2.75) is 49.8 Å². The first kappa shape index (κ1) is 15.0. The molecule has 1 aliphatic carbocycles. The molecule has 110 valence electrons. The van der Waals surface area contributed by atoms with Crippen LogP contribution in [0, 0.1) is 0 Å². The SMILES string of the molecule is CCC(=O)Oc1cccc(S(C)(=O)=O)c1C1CCCC1. The van der Waals surface area contributed by atoms with Crippen molar-refractivity contribution in [2.24, 2.45) is 0 Å². The summed E-state index contributed by atoms with van der Waals surface area (Å²) in [5.74, 6) is 0.238. The summed E-state index contributed by atoms with van der Waals surface area (Å²) in [6.45, 7) is 1.72. The van der Waals surface area contributed by atoms with E-state index in [-0.39, 0.29) is 18.3 Å². The molecule has 0 unspecified atom stereocenters. The van der Waals surface area contributed by atoms with Crippen molar-refractivity contribution in [1.82, 2.24) is 0 Å². The van der Waals surface area contributed by atoms with Gasteiger partial charge in [0.2, 0.25) is 0 Å². The van der Waals surface area contributed by atoms with Gasteiger partial charge in [0.05, 0.1) is 4.90 Å². The van der Waals surface area contributed by atoms with Gasteiger partial charge in [-0.25, -0.2) is 8.42 Å².